The number of carboxylic acids is 1. The third kappa shape index (κ3) is 5.95. The van der Waals surface area contributed by atoms with E-state index in [-0.39, 0.29) is 23.7 Å². The first-order chi connectivity index (χ1) is 13.3. The van der Waals surface area contributed by atoms with Crippen molar-refractivity contribution in [2.75, 3.05) is 6.54 Å². The topological polar surface area (TPSA) is 66.4 Å². The smallest absolute Gasteiger partial charge is 0.307 e. The van der Waals surface area contributed by atoms with Crippen molar-refractivity contribution in [3.05, 3.63) is 48.0 Å². The zero-order valence-corrected chi connectivity index (χ0v) is 17.6. The molecule has 2 aliphatic rings. The summed E-state index contributed by atoms with van der Waals surface area (Å²) in [6, 6.07) is 10.5. The highest BCUT2D eigenvalue weighted by Crippen LogP contribution is 2.48. The normalized spacial score (nSPS) is 24.9. The number of nitrogens with one attached hydrogen (secondary N) is 1. The average Bonchev–Trinajstić information content (AvgIpc) is 3.27. The van der Waals surface area contributed by atoms with Gasteiger partial charge >= 0.3 is 5.97 Å². The first-order valence-electron chi connectivity index (χ1n) is 10.5. The molecule has 0 radical (unpaired) electrons. The van der Waals surface area contributed by atoms with Gasteiger partial charge in [0, 0.05) is 6.54 Å². The van der Waals surface area contributed by atoms with Crippen molar-refractivity contribution in [2.45, 2.75) is 52.9 Å². The minimum atomic E-state index is -0.834. The molecule has 1 aromatic carbocycles. The molecule has 1 aromatic rings. The lowest BCUT2D eigenvalue weighted by Crippen LogP contribution is -2.40. The zero-order chi connectivity index (χ0) is 20.7. The van der Waals surface area contributed by atoms with Gasteiger partial charge in [-0.2, -0.15) is 0 Å². The second kappa shape index (κ2) is 10.4. The third-order valence-electron chi connectivity index (χ3n) is 5.77. The molecule has 154 valence electrons. The summed E-state index contributed by atoms with van der Waals surface area (Å²) in [6.45, 7) is 9.37. The van der Waals surface area contributed by atoms with Gasteiger partial charge in [-0.1, -0.05) is 70.2 Å². The van der Waals surface area contributed by atoms with Crippen LogP contribution in [0.3, 0.4) is 0 Å². The van der Waals surface area contributed by atoms with Gasteiger partial charge in [0.05, 0.1) is 11.8 Å². The number of benzene rings is 1. The molecule has 1 amide bonds. The molecule has 4 atom stereocenters. The highest BCUT2D eigenvalue weighted by Gasteiger charge is 2.51. The van der Waals surface area contributed by atoms with E-state index in [1.807, 2.05) is 18.2 Å². The number of carbonyl (C=O) groups is 2. The standard InChI is InChI=1S/C15H23NO3.C9H12/c1-9(2)4-3-7-16-14(17)12-10-5-6-11(8-10)13(12)15(18)19;1-8(2)9-6-4-3-5-7-9/h5-6,9-13H,3-4,7-8H2,1-2H3,(H,16,17)(H,18,19);3-8H,1-2H3. The van der Waals surface area contributed by atoms with Gasteiger partial charge in [0.15, 0.2) is 0 Å². The van der Waals surface area contributed by atoms with E-state index in [4.69, 9.17) is 0 Å². The molecular formula is C24H35NO3. The number of fused-ring (bicyclic) bond motifs is 2. The molecule has 0 spiro atoms. The second-order valence-electron chi connectivity index (χ2n) is 8.73. The molecule has 1 fully saturated rings. The Bertz CT molecular complexity index is 666. The van der Waals surface area contributed by atoms with Gasteiger partial charge in [0.25, 0.3) is 0 Å². The Hall–Kier alpha value is -2.10. The van der Waals surface area contributed by atoms with Crippen molar-refractivity contribution >= 4 is 11.9 Å². The van der Waals surface area contributed by atoms with Crippen LogP contribution in [0.25, 0.3) is 0 Å². The van der Waals surface area contributed by atoms with Crippen molar-refractivity contribution in [2.24, 2.45) is 29.6 Å². The van der Waals surface area contributed by atoms with Crippen LogP contribution in [-0.2, 0) is 9.59 Å². The highest BCUT2D eigenvalue weighted by atomic mass is 16.4. The van der Waals surface area contributed by atoms with Gasteiger partial charge in [-0.3, -0.25) is 9.59 Å². The van der Waals surface area contributed by atoms with E-state index >= 15 is 0 Å². The summed E-state index contributed by atoms with van der Waals surface area (Å²) in [5.41, 5.74) is 1.41. The van der Waals surface area contributed by atoms with Crippen LogP contribution in [0, 0.1) is 29.6 Å². The number of allylic oxidation sites excluding steroid dienone is 2. The maximum Gasteiger partial charge on any atom is 0.307 e. The zero-order valence-electron chi connectivity index (χ0n) is 17.6. The molecule has 0 aromatic heterocycles. The van der Waals surface area contributed by atoms with E-state index in [1.54, 1.807) is 0 Å². The molecule has 4 nitrogen and oxygen atoms in total. The summed E-state index contributed by atoms with van der Waals surface area (Å²) in [7, 11) is 0. The van der Waals surface area contributed by atoms with Crippen LogP contribution in [-0.4, -0.2) is 23.5 Å². The van der Waals surface area contributed by atoms with Gasteiger partial charge in [0.1, 0.15) is 0 Å². The predicted molar refractivity (Wildman–Crippen MR) is 113 cm³/mol. The Morgan fingerprint density at radius 1 is 1.04 bits per heavy atom. The van der Waals surface area contributed by atoms with Gasteiger partial charge in [0.2, 0.25) is 5.91 Å². The number of aliphatic carboxylic acids is 1. The summed E-state index contributed by atoms with van der Waals surface area (Å²) in [6.07, 6.45) is 6.84. The minimum Gasteiger partial charge on any atom is -0.481 e. The van der Waals surface area contributed by atoms with Crippen LogP contribution in [0.4, 0.5) is 0 Å². The van der Waals surface area contributed by atoms with Gasteiger partial charge in [-0.15, -0.1) is 0 Å². The largest absolute Gasteiger partial charge is 0.481 e. The Balaban J connectivity index is 0.000000261. The Morgan fingerprint density at radius 2 is 1.64 bits per heavy atom. The van der Waals surface area contributed by atoms with Gasteiger partial charge in [-0.05, 0) is 48.5 Å². The summed E-state index contributed by atoms with van der Waals surface area (Å²) in [4.78, 5) is 23.5. The van der Waals surface area contributed by atoms with E-state index in [0.717, 1.165) is 19.3 Å². The fourth-order valence-electron chi connectivity index (χ4n) is 4.19. The van der Waals surface area contributed by atoms with E-state index in [2.05, 4.69) is 57.3 Å². The molecule has 0 heterocycles. The molecule has 28 heavy (non-hydrogen) atoms. The molecule has 0 saturated heterocycles. The van der Waals surface area contributed by atoms with E-state index in [9.17, 15) is 14.7 Å². The number of carboxylic acid groups (broad SMARTS) is 1. The molecule has 2 N–H and O–H groups in total. The number of carbonyl (C=O) groups excluding carboxylic acids is 1. The van der Waals surface area contributed by atoms with Crippen LogP contribution in [0.2, 0.25) is 0 Å². The Kier molecular flexibility index (Phi) is 8.28. The molecule has 0 aliphatic heterocycles. The lowest BCUT2D eigenvalue weighted by Gasteiger charge is -2.23. The highest BCUT2D eigenvalue weighted by molar-refractivity contribution is 5.86. The molecule has 2 bridgehead atoms. The molecular weight excluding hydrogens is 350 g/mol. The molecule has 4 heteroatoms. The van der Waals surface area contributed by atoms with Crippen molar-refractivity contribution in [3.63, 3.8) is 0 Å². The van der Waals surface area contributed by atoms with E-state index < -0.39 is 11.9 Å². The van der Waals surface area contributed by atoms with Gasteiger partial charge < -0.3 is 10.4 Å². The van der Waals surface area contributed by atoms with Crippen LogP contribution < -0.4 is 5.32 Å². The first-order valence-corrected chi connectivity index (χ1v) is 10.5. The van der Waals surface area contributed by atoms with E-state index in [0.29, 0.717) is 18.4 Å². The number of hydrogen-bond donors (Lipinski definition) is 2. The third-order valence-corrected chi connectivity index (χ3v) is 5.77. The Morgan fingerprint density at radius 3 is 2.14 bits per heavy atom. The second-order valence-corrected chi connectivity index (χ2v) is 8.73. The monoisotopic (exact) mass is 385 g/mol. The number of rotatable bonds is 7. The molecule has 3 rings (SSSR count). The minimum absolute atomic E-state index is 0.0499. The molecule has 2 aliphatic carbocycles. The van der Waals surface area contributed by atoms with Crippen LogP contribution in [0.15, 0.2) is 42.5 Å². The molecule has 1 saturated carbocycles. The summed E-state index contributed by atoms with van der Waals surface area (Å²) in [5.74, 6) is -0.343. The SMILES string of the molecule is CC(C)CCCNC(=O)C1C2C=CC(C2)C1C(=O)O.CC(C)c1ccccc1. The quantitative estimate of drug-likeness (QED) is 0.520. The van der Waals surface area contributed by atoms with Gasteiger partial charge in [-0.25, -0.2) is 0 Å². The lowest BCUT2D eigenvalue weighted by molar-refractivity contribution is -0.147. The van der Waals surface area contributed by atoms with Crippen molar-refractivity contribution in [3.8, 4) is 0 Å². The van der Waals surface area contributed by atoms with Crippen LogP contribution >= 0.6 is 0 Å². The predicted octanol–water partition coefficient (Wildman–Crippen LogP) is 4.87. The van der Waals surface area contributed by atoms with Crippen molar-refractivity contribution in [1.29, 1.82) is 0 Å². The van der Waals surface area contributed by atoms with Crippen molar-refractivity contribution in [1.82, 2.24) is 5.32 Å². The van der Waals surface area contributed by atoms with E-state index in [1.165, 1.54) is 5.56 Å². The first kappa shape index (κ1) is 22.2. The average molecular weight is 386 g/mol. The van der Waals surface area contributed by atoms with Crippen LogP contribution in [0.5, 0.6) is 0 Å². The maximum absolute atomic E-state index is 12.2. The van der Waals surface area contributed by atoms with Crippen LogP contribution in [0.1, 0.15) is 58.4 Å². The fourth-order valence-corrected chi connectivity index (χ4v) is 4.19. The molecule has 4 unspecified atom stereocenters. The number of hydrogen-bond acceptors (Lipinski definition) is 2. The summed E-state index contributed by atoms with van der Waals surface area (Å²) >= 11 is 0. The Labute approximate surface area is 169 Å². The maximum atomic E-state index is 12.2. The fraction of sp³-hybridized carbons (Fsp3) is 0.583. The summed E-state index contributed by atoms with van der Waals surface area (Å²) < 4.78 is 0. The summed E-state index contributed by atoms with van der Waals surface area (Å²) in [5, 5.41) is 12.2. The van der Waals surface area contributed by atoms with Crippen molar-refractivity contribution < 1.29 is 14.7 Å². The lowest BCUT2D eigenvalue weighted by atomic mass is 9.82. The number of amides is 1.